The second-order valence-corrected chi connectivity index (χ2v) is 6.25. The van der Waals surface area contributed by atoms with Crippen molar-refractivity contribution in [3.05, 3.63) is 12.2 Å². The summed E-state index contributed by atoms with van der Waals surface area (Å²) in [7, 11) is 4.22. The van der Waals surface area contributed by atoms with Crippen LogP contribution in [-0.2, 0) is 13.1 Å². The standard InChI is InChI=1S/C14H29N5/c1-11(2)8-19-14(16-10-17-19)7-15-13(12(3)4)9-18(5)6/h10-13,15H,7-9H2,1-6H3. The van der Waals surface area contributed by atoms with Crippen LogP contribution in [-0.4, -0.2) is 46.3 Å². The molecule has 0 aromatic carbocycles. The van der Waals surface area contributed by atoms with Crippen molar-refractivity contribution in [2.75, 3.05) is 20.6 Å². The Hall–Kier alpha value is -0.940. The van der Waals surface area contributed by atoms with E-state index in [1.54, 1.807) is 6.33 Å². The van der Waals surface area contributed by atoms with Gasteiger partial charge in [0.15, 0.2) is 0 Å². The van der Waals surface area contributed by atoms with Crippen molar-refractivity contribution in [3.8, 4) is 0 Å². The van der Waals surface area contributed by atoms with E-state index in [0.29, 0.717) is 17.9 Å². The molecule has 1 atom stereocenters. The summed E-state index contributed by atoms with van der Waals surface area (Å²) >= 11 is 0. The first kappa shape index (κ1) is 16.1. The highest BCUT2D eigenvalue weighted by molar-refractivity contribution is 4.86. The number of rotatable bonds is 8. The fraction of sp³-hybridized carbons (Fsp3) is 0.857. The van der Waals surface area contributed by atoms with Gasteiger partial charge in [0.1, 0.15) is 12.2 Å². The highest BCUT2D eigenvalue weighted by Crippen LogP contribution is 2.05. The Morgan fingerprint density at radius 2 is 1.95 bits per heavy atom. The maximum Gasteiger partial charge on any atom is 0.140 e. The first-order valence-corrected chi connectivity index (χ1v) is 7.15. The van der Waals surface area contributed by atoms with E-state index in [-0.39, 0.29) is 0 Å². The largest absolute Gasteiger partial charge is 0.308 e. The molecule has 0 fully saturated rings. The van der Waals surface area contributed by atoms with E-state index in [1.807, 2.05) is 4.68 Å². The van der Waals surface area contributed by atoms with Crippen molar-refractivity contribution in [1.29, 1.82) is 0 Å². The van der Waals surface area contributed by atoms with Crippen molar-refractivity contribution in [1.82, 2.24) is 25.0 Å². The smallest absolute Gasteiger partial charge is 0.140 e. The van der Waals surface area contributed by atoms with E-state index in [0.717, 1.165) is 25.5 Å². The Labute approximate surface area is 117 Å². The average molecular weight is 267 g/mol. The highest BCUT2D eigenvalue weighted by Gasteiger charge is 2.15. The first-order valence-electron chi connectivity index (χ1n) is 7.15. The fourth-order valence-corrected chi connectivity index (χ4v) is 2.05. The summed E-state index contributed by atoms with van der Waals surface area (Å²) in [6.45, 7) is 11.6. The third-order valence-corrected chi connectivity index (χ3v) is 3.12. The number of nitrogens with zero attached hydrogens (tertiary/aromatic N) is 4. The van der Waals surface area contributed by atoms with Crippen LogP contribution < -0.4 is 5.32 Å². The molecular weight excluding hydrogens is 238 g/mol. The number of aromatic nitrogens is 3. The topological polar surface area (TPSA) is 46.0 Å². The van der Waals surface area contributed by atoms with Crippen LogP contribution in [0.2, 0.25) is 0 Å². The molecule has 1 aromatic rings. The summed E-state index contributed by atoms with van der Waals surface area (Å²) < 4.78 is 2.00. The number of hydrogen-bond acceptors (Lipinski definition) is 4. The zero-order valence-electron chi connectivity index (χ0n) is 13.2. The van der Waals surface area contributed by atoms with Crippen molar-refractivity contribution in [2.24, 2.45) is 11.8 Å². The number of likely N-dealkylation sites (N-methyl/N-ethyl adjacent to an activating group) is 1. The van der Waals surface area contributed by atoms with Gasteiger partial charge >= 0.3 is 0 Å². The van der Waals surface area contributed by atoms with Crippen LogP contribution in [0.3, 0.4) is 0 Å². The zero-order valence-corrected chi connectivity index (χ0v) is 13.2. The van der Waals surface area contributed by atoms with Crippen LogP contribution in [0.25, 0.3) is 0 Å². The van der Waals surface area contributed by atoms with Crippen molar-refractivity contribution in [2.45, 2.75) is 46.8 Å². The summed E-state index contributed by atoms with van der Waals surface area (Å²) in [4.78, 5) is 6.57. The molecule has 0 bridgehead atoms. The molecule has 1 rings (SSSR count). The van der Waals surface area contributed by atoms with Crippen LogP contribution in [0.15, 0.2) is 6.33 Å². The molecule has 110 valence electrons. The van der Waals surface area contributed by atoms with Gasteiger partial charge in [-0.1, -0.05) is 27.7 Å². The summed E-state index contributed by atoms with van der Waals surface area (Å²) in [5, 5.41) is 7.90. The minimum Gasteiger partial charge on any atom is -0.308 e. The maximum atomic E-state index is 4.36. The highest BCUT2D eigenvalue weighted by atomic mass is 15.3. The fourth-order valence-electron chi connectivity index (χ4n) is 2.05. The van der Waals surface area contributed by atoms with Gasteiger partial charge in [0.05, 0.1) is 6.54 Å². The lowest BCUT2D eigenvalue weighted by molar-refractivity contribution is 0.284. The van der Waals surface area contributed by atoms with Crippen LogP contribution in [0.1, 0.15) is 33.5 Å². The number of hydrogen-bond donors (Lipinski definition) is 1. The molecule has 1 N–H and O–H groups in total. The van der Waals surface area contributed by atoms with Gasteiger partial charge in [-0.3, -0.25) is 0 Å². The lowest BCUT2D eigenvalue weighted by Gasteiger charge is -2.25. The summed E-state index contributed by atoms with van der Waals surface area (Å²) in [6, 6.07) is 0.471. The molecule has 5 nitrogen and oxygen atoms in total. The van der Waals surface area contributed by atoms with Gasteiger partial charge in [-0.05, 0) is 25.9 Å². The normalized spacial score (nSPS) is 13.7. The molecule has 0 spiro atoms. The first-order chi connectivity index (χ1) is 8.90. The molecule has 0 saturated carbocycles. The van der Waals surface area contributed by atoms with Crippen molar-refractivity contribution < 1.29 is 0 Å². The van der Waals surface area contributed by atoms with Crippen molar-refractivity contribution >= 4 is 0 Å². The zero-order chi connectivity index (χ0) is 14.4. The molecule has 5 heteroatoms. The summed E-state index contributed by atoms with van der Waals surface area (Å²) in [6.07, 6.45) is 1.65. The van der Waals surface area contributed by atoms with Crippen LogP contribution in [0, 0.1) is 11.8 Å². The third kappa shape index (κ3) is 5.70. The third-order valence-electron chi connectivity index (χ3n) is 3.12. The van der Waals surface area contributed by atoms with Gasteiger partial charge < -0.3 is 10.2 Å². The van der Waals surface area contributed by atoms with Crippen LogP contribution >= 0.6 is 0 Å². The maximum absolute atomic E-state index is 4.36. The van der Waals surface area contributed by atoms with Gasteiger partial charge in [-0.25, -0.2) is 9.67 Å². The van der Waals surface area contributed by atoms with Gasteiger partial charge in [0, 0.05) is 19.1 Å². The van der Waals surface area contributed by atoms with E-state index in [2.05, 4.69) is 62.1 Å². The van der Waals surface area contributed by atoms with E-state index < -0.39 is 0 Å². The van der Waals surface area contributed by atoms with E-state index in [4.69, 9.17) is 0 Å². The molecule has 1 heterocycles. The monoisotopic (exact) mass is 267 g/mol. The average Bonchev–Trinajstić information content (AvgIpc) is 2.70. The molecule has 1 aromatic heterocycles. The molecule has 19 heavy (non-hydrogen) atoms. The van der Waals surface area contributed by atoms with E-state index in [9.17, 15) is 0 Å². The predicted octanol–water partition coefficient (Wildman–Crippen LogP) is 1.61. The molecular formula is C14H29N5. The van der Waals surface area contributed by atoms with Crippen LogP contribution in [0.4, 0.5) is 0 Å². The second kappa shape index (κ2) is 7.60. The molecule has 0 aliphatic carbocycles. The molecule has 0 aliphatic rings. The minimum atomic E-state index is 0.471. The minimum absolute atomic E-state index is 0.471. The molecule has 0 aliphatic heterocycles. The predicted molar refractivity (Wildman–Crippen MR) is 78.9 cm³/mol. The summed E-state index contributed by atoms with van der Waals surface area (Å²) in [5.41, 5.74) is 0. The van der Waals surface area contributed by atoms with Gasteiger partial charge in [-0.2, -0.15) is 5.10 Å². The lowest BCUT2D eigenvalue weighted by Crippen LogP contribution is -2.42. The Balaban J connectivity index is 2.56. The molecule has 1 unspecified atom stereocenters. The van der Waals surface area contributed by atoms with Crippen LogP contribution in [0.5, 0.6) is 0 Å². The van der Waals surface area contributed by atoms with Gasteiger partial charge in [0.25, 0.3) is 0 Å². The lowest BCUT2D eigenvalue weighted by atomic mass is 10.0. The second-order valence-electron chi connectivity index (χ2n) is 6.25. The Morgan fingerprint density at radius 1 is 1.26 bits per heavy atom. The SMILES string of the molecule is CC(C)Cn1ncnc1CNC(CN(C)C)C(C)C. The van der Waals surface area contributed by atoms with Gasteiger partial charge in [0.2, 0.25) is 0 Å². The number of nitrogens with one attached hydrogen (secondary N) is 1. The Kier molecular flexibility index (Phi) is 6.45. The van der Waals surface area contributed by atoms with Gasteiger partial charge in [-0.15, -0.1) is 0 Å². The quantitative estimate of drug-likeness (QED) is 0.777. The Bertz CT molecular complexity index is 356. The Morgan fingerprint density at radius 3 is 2.47 bits per heavy atom. The van der Waals surface area contributed by atoms with E-state index in [1.165, 1.54) is 0 Å². The molecule has 0 radical (unpaired) electrons. The molecule has 0 amide bonds. The summed E-state index contributed by atoms with van der Waals surface area (Å²) in [5.74, 6) is 2.21. The van der Waals surface area contributed by atoms with Crippen molar-refractivity contribution in [3.63, 3.8) is 0 Å². The van der Waals surface area contributed by atoms with E-state index >= 15 is 0 Å². The molecule has 0 saturated heterocycles.